The van der Waals surface area contributed by atoms with Gasteiger partial charge in [-0.1, -0.05) is 69.7 Å². The molecule has 30 heavy (non-hydrogen) atoms. The fraction of sp³-hybridized carbons (Fsp3) is 0.615. The molecule has 5 rings (SSSR count). The van der Waals surface area contributed by atoms with E-state index in [-0.39, 0.29) is 11.0 Å². The lowest BCUT2D eigenvalue weighted by Crippen LogP contribution is -2.43. The summed E-state index contributed by atoms with van der Waals surface area (Å²) in [6, 6.07) is 8.82. The fourth-order valence-electron chi connectivity index (χ4n) is 6.30. The van der Waals surface area contributed by atoms with Gasteiger partial charge in [0.1, 0.15) is 0 Å². The lowest BCUT2D eigenvalue weighted by molar-refractivity contribution is 0.250. The van der Waals surface area contributed by atoms with E-state index in [1.54, 1.807) is 11.8 Å². The van der Waals surface area contributed by atoms with Crippen molar-refractivity contribution in [3.8, 4) is 11.3 Å². The molecule has 0 N–H and O–H groups in total. The zero-order valence-corrected chi connectivity index (χ0v) is 19.1. The van der Waals surface area contributed by atoms with Crippen LogP contribution in [0, 0.1) is 5.92 Å². The van der Waals surface area contributed by atoms with Crippen molar-refractivity contribution in [3.05, 3.63) is 45.9 Å². The molecule has 0 aliphatic heterocycles. The molecule has 3 aliphatic rings. The summed E-state index contributed by atoms with van der Waals surface area (Å²) >= 11 is 1.62. The van der Waals surface area contributed by atoms with Gasteiger partial charge >= 0.3 is 0 Å². The van der Waals surface area contributed by atoms with E-state index in [1.165, 1.54) is 81.0 Å². The van der Waals surface area contributed by atoms with Gasteiger partial charge < -0.3 is 4.57 Å². The second-order valence-electron chi connectivity index (χ2n) is 9.64. The molecule has 3 nitrogen and oxygen atoms in total. The first-order chi connectivity index (χ1) is 14.7. The van der Waals surface area contributed by atoms with Crippen molar-refractivity contribution in [3.63, 3.8) is 0 Å². The van der Waals surface area contributed by atoms with Gasteiger partial charge in [-0.05, 0) is 49.3 Å². The zero-order chi connectivity index (χ0) is 20.6. The molecule has 0 saturated heterocycles. The molecule has 160 valence electrons. The van der Waals surface area contributed by atoms with Crippen molar-refractivity contribution >= 4 is 11.8 Å². The van der Waals surface area contributed by atoms with Gasteiger partial charge in [0.2, 0.25) is 0 Å². The summed E-state index contributed by atoms with van der Waals surface area (Å²) in [5.74, 6) is 1.53. The summed E-state index contributed by atoms with van der Waals surface area (Å²) in [7, 11) is 0. The number of hydrogen-bond donors (Lipinski definition) is 0. The standard InChI is InChI=1S/C26H34N2OS/c1-2-30-24-25(29)28(18-19-11-5-3-6-12-19)23-22(27-24)21-14-8-7-13-20(21)17-26(23)15-9-4-10-16-26/h7-8,13-14,19H,2-6,9-12,15-18H2,1H3. The first-order valence-electron chi connectivity index (χ1n) is 12.1. The van der Waals surface area contributed by atoms with Gasteiger partial charge in [0.05, 0.1) is 11.4 Å². The summed E-state index contributed by atoms with van der Waals surface area (Å²) in [6.07, 6.45) is 13.8. The Morgan fingerprint density at radius 1 is 1.07 bits per heavy atom. The monoisotopic (exact) mass is 422 g/mol. The van der Waals surface area contributed by atoms with E-state index >= 15 is 0 Å². The van der Waals surface area contributed by atoms with Crippen LogP contribution in [0.3, 0.4) is 0 Å². The first kappa shape index (κ1) is 20.4. The minimum Gasteiger partial charge on any atom is -0.307 e. The molecule has 2 aromatic rings. The lowest BCUT2D eigenvalue weighted by atomic mass is 9.64. The molecule has 3 aliphatic carbocycles. The lowest BCUT2D eigenvalue weighted by Gasteiger charge is -2.44. The van der Waals surface area contributed by atoms with Crippen LogP contribution in [0.1, 0.15) is 82.4 Å². The Bertz CT molecular complexity index is 967. The molecule has 0 atom stereocenters. The van der Waals surface area contributed by atoms with Gasteiger partial charge in [0.25, 0.3) is 5.56 Å². The van der Waals surface area contributed by atoms with E-state index < -0.39 is 0 Å². The van der Waals surface area contributed by atoms with Crippen molar-refractivity contribution in [2.45, 2.75) is 94.5 Å². The minimum absolute atomic E-state index is 0.0954. The Balaban J connectivity index is 1.73. The van der Waals surface area contributed by atoms with E-state index in [9.17, 15) is 4.79 Å². The van der Waals surface area contributed by atoms with E-state index in [0.717, 1.165) is 24.4 Å². The number of thioether (sulfide) groups is 1. The smallest absolute Gasteiger partial charge is 0.283 e. The number of fused-ring (bicyclic) bond motifs is 4. The minimum atomic E-state index is 0.0954. The van der Waals surface area contributed by atoms with Crippen molar-refractivity contribution in [1.29, 1.82) is 0 Å². The Hall–Kier alpha value is -1.55. The highest BCUT2D eigenvalue weighted by molar-refractivity contribution is 7.99. The molecule has 1 spiro atoms. The average Bonchev–Trinajstić information content (AvgIpc) is 2.78. The second kappa shape index (κ2) is 8.53. The molecule has 4 heteroatoms. The predicted octanol–water partition coefficient (Wildman–Crippen LogP) is 6.36. The molecule has 0 amide bonds. The molecule has 1 aromatic carbocycles. The van der Waals surface area contributed by atoms with Gasteiger partial charge in [0.15, 0.2) is 5.03 Å². The molecule has 2 fully saturated rings. The van der Waals surface area contributed by atoms with Gasteiger partial charge in [-0.2, -0.15) is 0 Å². The van der Waals surface area contributed by atoms with Crippen molar-refractivity contribution in [2.24, 2.45) is 5.92 Å². The number of rotatable bonds is 4. The maximum Gasteiger partial charge on any atom is 0.283 e. The maximum atomic E-state index is 13.7. The van der Waals surface area contributed by atoms with Crippen LogP contribution in [-0.2, 0) is 18.4 Å². The van der Waals surface area contributed by atoms with E-state index in [0.29, 0.717) is 10.9 Å². The van der Waals surface area contributed by atoms with Gasteiger partial charge in [-0.3, -0.25) is 4.79 Å². The van der Waals surface area contributed by atoms with Crippen molar-refractivity contribution < 1.29 is 0 Å². The van der Waals surface area contributed by atoms with Crippen molar-refractivity contribution in [2.75, 3.05) is 5.75 Å². The Morgan fingerprint density at radius 3 is 2.57 bits per heavy atom. The van der Waals surface area contributed by atoms with E-state index in [1.807, 2.05) is 0 Å². The highest BCUT2D eigenvalue weighted by Crippen LogP contribution is 2.50. The van der Waals surface area contributed by atoms with Gasteiger partial charge in [-0.15, -0.1) is 11.8 Å². The highest BCUT2D eigenvalue weighted by atomic mass is 32.2. The molecule has 2 saturated carbocycles. The van der Waals surface area contributed by atoms with Crippen LogP contribution in [0.4, 0.5) is 0 Å². The van der Waals surface area contributed by atoms with Crippen LogP contribution in [0.15, 0.2) is 34.1 Å². The number of nitrogens with zero attached hydrogens (tertiary/aromatic N) is 2. The third-order valence-corrected chi connectivity index (χ3v) is 8.52. The van der Waals surface area contributed by atoms with Crippen LogP contribution in [0.5, 0.6) is 0 Å². The number of benzene rings is 1. The SMILES string of the molecule is CCSc1nc2c(n(CC3CCCCC3)c1=O)C1(CCCCC1)Cc1ccccc1-2. The Labute approximate surface area is 184 Å². The normalized spacial score (nSPS) is 20.7. The molecule has 0 unspecified atom stereocenters. The molecule has 0 radical (unpaired) electrons. The molecule has 1 aromatic heterocycles. The molecule has 0 bridgehead atoms. The van der Waals surface area contributed by atoms with Gasteiger partial charge in [-0.25, -0.2) is 4.98 Å². The van der Waals surface area contributed by atoms with Crippen LogP contribution in [0.25, 0.3) is 11.3 Å². The zero-order valence-electron chi connectivity index (χ0n) is 18.3. The summed E-state index contributed by atoms with van der Waals surface area (Å²) in [5.41, 5.74) is 5.37. The Kier molecular flexibility index (Phi) is 5.79. The first-order valence-corrected chi connectivity index (χ1v) is 13.1. The molecule has 1 heterocycles. The summed E-state index contributed by atoms with van der Waals surface area (Å²) in [6.45, 7) is 3.01. The fourth-order valence-corrected chi connectivity index (χ4v) is 6.96. The van der Waals surface area contributed by atoms with E-state index in [4.69, 9.17) is 4.98 Å². The van der Waals surface area contributed by atoms with Gasteiger partial charge in [0, 0.05) is 17.5 Å². The predicted molar refractivity (Wildman–Crippen MR) is 125 cm³/mol. The average molecular weight is 423 g/mol. The van der Waals surface area contributed by atoms with Crippen LogP contribution >= 0.6 is 11.8 Å². The summed E-state index contributed by atoms with van der Waals surface area (Å²) in [4.78, 5) is 18.8. The summed E-state index contributed by atoms with van der Waals surface area (Å²) < 4.78 is 2.23. The van der Waals surface area contributed by atoms with E-state index in [2.05, 4.69) is 35.8 Å². The largest absolute Gasteiger partial charge is 0.307 e. The third-order valence-electron chi connectivity index (χ3n) is 7.70. The molecular weight excluding hydrogens is 388 g/mol. The van der Waals surface area contributed by atoms with Crippen LogP contribution in [0.2, 0.25) is 0 Å². The topological polar surface area (TPSA) is 34.9 Å². The Morgan fingerprint density at radius 2 is 1.80 bits per heavy atom. The van der Waals surface area contributed by atoms with Crippen molar-refractivity contribution in [1.82, 2.24) is 9.55 Å². The molecular formula is C26H34N2OS. The third kappa shape index (κ3) is 3.55. The van der Waals surface area contributed by atoms with Crippen LogP contribution < -0.4 is 5.56 Å². The second-order valence-corrected chi connectivity index (χ2v) is 10.9. The highest BCUT2D eigenvalue weighted by Gasteiger charge is 2.43. The maximum absolute atomic E-state index is 13.7. The number of aromatic nitrogens is 2. The quantitative estimate of drug-likeness (QED) is 0.538. The number of hydrogen-bond acceptors (Lipinski definition) is 3. The summed E-state index contributed by atoms with van der Waals surface area (Å²) in [5, 5.41) is 0.703. The van der Waals surface area contributed by atoms with Crippen LogP contribution in [-0.4, -0.2) is 15.3 Å².